The van der Waals surface area contributed by atoms with E-state index in [1.54, 1.807) is 44.0 Å². The maximum atomic E-state index is 13.1. The number of carbonyl (C=O) groups is 1. The average Bonchev–Trinajstić information content (AvgIpc) is 3.09. The number of aryl methyl sites for hydroxylation is 2. The first-order valence-electron chi connectivity index (χ1n) is 9.35. The van der Waals surface area contributed by atoms with Gasteiger partial charge < -0.3 is 10.6 Å². The van der Waals surface area contributed by atoms with Crippen LogP contribution in [0.3, 0.4) is 0 Å². The number of nitrogens with two attached hydrogens (primary N) is 1. The smallest absolute Gasteiger partial charge is 0.383 e. The van der Waals surface area contributed by atoms with Crippen molar-refractivity contribution in [1.29, 1.82) is 0 Å². The van der Waals surface area contributed by atoms with Crippen molar-refractivity contribution in [3.63, 3.8) is 0 Å². The van der Waals surface area contributed by atoms with Gasteiger partial charge in [-0.15, -0.1) is 0 Å². The number of anilines is 1. The highest BCUT2D eigenvalue weighted by atomic mass is 19.4. The zero-order valence-corrected chi connectivity index (χ0v) is 17.0. The van der Waals surface area contributed by atoms with Gasteiger partial charge in [0.25, 0.3) is 5.91 Å². The van der Waals surface area contributed by atoms with E-state index in [-0.39, 0.29) is 12.5 Å². The monoisotopic (exact) mass is 428 g/mol. The van der Waals surface area contributed by atoms with E-state index in [4.69, 9.17) is 5.73 Å². The fraction of sp³-hybridized carbons (Fsp3) is 0.238. The van der Waals surface area contributed by atoms with E-state index in [0.717, 1.165) is 23.2 Å². The van der Waals surface area contributed by atoms with Gasteiger partial charge in [0.15, 0.2) is 0 Å². The third-order valence-electron chi connectivity index (χ3n) is 5.18. The van der Waals surface area contributed by atoms with Gasteiger partial charge in [-0.1, -0.05) is 0 Å². The Kier molecular flexibility index (Phi) is 4.79. The van der Waals surface area contributed by atoms with Crippen LogP contribution in [0.5, 0.6) is 0 Å². The van der Waals surface area contributed by atoms with Crippen molar-refractivity contribution < 1.29 is 18.0 Å². The second-order valence-corrected chi connectivity index (χ2v) is 7.41. The number of nitrogens with zero attached hydrogens (tertiary/aromatic N) is 5. The van der Waals surface area contributed by atoms with E-state index in [1.807, 2.05) is 0 Å². The molecule has 0 radical (unpaired) electrons. The minimum atomic E-state index is -4.45. The fourth-order valence-corrected chi connectivity index (χ4v) is 3.55. The van der Waals surface area contributed by atoms with Crippen LogP contribution in [-0.4, -0.2) is 37.6 Å². The number of hydrogen-bond donors (Lipinski definition) is 1. The van der Waals surface area contributed by atoms with Crippen LogP contribution in [0.2, 0.25) is 0 Å². The lowest BCUT2D eigenvalue weighted by Gasteiger charge is -2.19. The Morgan fingerprint density at radius 2 is 1.94 bits per heavy atom. The average molecular weight is 428 g/mol. The first-order chi connectivity index (χ1) is 14.6. The Labute approximate surface area is 175 Å². The van der Waals surface area contributed by atoms with Crippen LogP contribution < -0.4 is 5.73 Å². The maximum absolute atomic E-state index is 13.1. The van der Waals surface area contributed by atoms with Crippen LogP contribution >= 0.6 is 0 Å². The number of hydrogen-bond acceptors (Lipinski definition) is 5. The summed E-state index contributed by atoms with van der Waals surface area (Å²) in [5.41, 5.74) is 8.14. The predicted octanol–water partition coefficient (Wildman–Crippen LogP) is 3.70. The first-order valence-corrected chi connectivity index (χ1v) is 9.35. The van der Waals surface area contributed by atoms with E-state index in [9.17, 15) is 18.0 Å². The zero-order chi connectivity index (χ0) is 22.5. The van der Waals surface area contributed by atoms with E-state index in [1.165, 1.54) is 11.0 Å². The summed E-state index contributed by atoms with van der Waals surface area (Å²) in [6.07, 6.45) is -2.06. The standard InChI is InChI=1S/C21H19F3N6O/c1-11-6-17-15(18-16(19(25)28-17)9-27-30(18)3)7-14(11)20(31)29(2)10-13-5-4-12(8-26-13)21(22,23)24/h4-9H,10H2,1-3H3,(H2,25,28). The molecule has 4 rings (SSSR count). The predicted molar refractivity (Wildman–Crippen MR) is 110 cm³/mol. The molecule has 7 nitrogen and oxygen atoms in total. The highest BCUT2D eigenvalue weighted by molar-refractivity contribution is 6.10. The minimum Gasteiger partial charge on any atom is -0.383 e. The summed E-state index contributed by atoms with van der Waals surface area (Å²) in [5, 5.41) is 5.66. The molecular formula is C21H19F3N6O. The van der Waals surface area contributed by atoms with Crippen molar-refractivity contribution in [3.05, 3.63) is 59.0 Å². The molecule has 1 amide bonds. The van der Waals surface area contributed by atoms with Gasteiger partial charge in [-0.3, -0.25) is 14.5 Å². The van der Waals surface area contributed by atoms with Crippen LogP contribution in [0, 0.1) is 6.92 Å². The molecule has 3 aromatic heterocycles. The molecule has 4 aromatic rings. The number of carbonyl (C=O) groups excluding carboxylic acids is 1. The van der Waals surface area contributed by atoms with Gasteiger partial charge in [-0.25, -0.2) is 4.98 Å². The van der Waals surface area contributed by atoms with Crippen molar-refractivity contribution in [2.45, 2.75) is 19.6 Å². The van der Waals surface area contributed by atoms with Gasteiger partial charge >= 0.3 is 6.18 Å². The number of aromatic nitrogens is 4. The van der Waals surface area contributed by atoms with Gasteiger partial charge in [-0.05, 0) is 36.8 Å². The number of alkyl halides is 3. The summed E-state index contributed by atoms with van der Waals surface area (Å²) < 4.78 is 39.8. The molecule has 0 aliphatic carbocycles. The van der Waals surface area contributed by atoms with Gasteiger partial charge in [-0.2, -0.15) is 18.3 Å². The van der Waals surface area contributed by atoms with Gasteiger partial charge in [0.1, 0.15) is 5.82 Å². The molecule has 10 heteroatoms. The van der Waals surface area contributed by atoms with Crippen LogP contribution in [0.4, 0.5) is 19.0 Å². The lowest BCUT2D eigenvalue weighted by atomic mass is 10.0. The molecule has 31 heavy (non-hydrogen) atoms. The Balaban J connectivity index is 1.68. The fourth-order valence-electron chi connectivity index (χ4n) is 3.55. The summed E-state index contributed by atoms with van der Waals surface area (Å²) >= 11 is 0. The molecule has 0 saturated carbocycles. The highest BCUT2D eigenvalue weighted by Crippen LogP contribution is 2.30. The molecule has 3 heterocycles. The second kappa shape index (κ2) is 7.22. The Morgan fingerprint density at radius 1 is 1.19 bits per heavy atom. The van der Waals surface area contributed by atoms with E-state index >= 15 is 0 Å². The quantitative estimate of drug-likeness (QED) is 0.538. The van der Waals surface area contributed by atoms with Crippen molar-refractivity contribution in [3.8, 4) is 0 Å². The molecule has 160 valence electrons. The number of pyridine rings is 2. The Morgan fingerprint density at radius 3 is 2.58 bits per heavy atom. The molecule has 0 bridgehead atoms. The summed E-state index contributed by atoms with van der Waals surface area (Å²) in [7, 11) is 3.36. The highest BCUT2D eigenvalue weighted by Gasteiger charge is 2.30. The van der Waals surface area contributed by atoms with Gasteiger partial charge in [0, 0.05) is 31.2 Å². The SMILES string of the molecule is Cc1cc2nc(N)c3cnn(C)c3c2cc1C(=O)N(C)Cc1ccc(C(F)(F)F)cn1. The van der Waals surface area contributed by atoms with Crippen molar-refractivity contribution in [1.82, 2.24) is 24.6 Å². The van der Waals surface area contributed by atoms with Crippen LogP contribution in [0.15, 0.2) is 36.7 Å². The van der Waals surface area contributed by atoms with Crippen LogP contribution in [0.25, 0.3) is 21.8 Å². The molecular weight excluding hydrogens is 409 g/mol. The van der Waals surface area contributed by atoms with Crippen molar-refractivity contribution in [2.24, 2.45) is 7.05 Å². The summed E-state index contributed by atoms with van der Waals surface area (Å²) in [6, 6.07) is 5.76. The number of halogens is 3. The third kappa shape index (κ3) is 3.65. The summed E-state index contributed by atoms with van der Waals surface area (Å²) in [6.45, 7) is 1.86. The van der Waals surface area contributed by atoms with E-state index in [2.05, 4.69) is 15.1 Å². The normalized spacial score (nSPS) is 11.9. The largest absolute Gasteiger partial charge is 0.417 e. The number of amides is 1. The van der Waals surface area contributed by atoms with Crippen LogP contribution in [-0.2, 0) is 19.8 Å². The van der Waals surface area contributed by atoms with Crippen molar-refractivity contribution in [2.75, 3.05) is 12.8 Å². The van der Waals surface area contributed by atoms with Gasteiger partial charge in [0.05, 0.1) is 40.4 Å². The third-order valence-corrected chi connectivity index (χ3v) is 5.18. The minimum absolute atomic E-state index is 0.0650. The van der Waals surface area contributed by atoms with E-state index in [0.29, 0.717) is 33.5 Å². The molecule has 0 spiro atoms. The number of nitrogen functional groups attached to an aromatic ring is 1. The number of fused-ring (bicyclic) bond motifs is 3. The summed E-state index contributed by atoms with van der Waals surface area (Å²) in [4.78, 5) is 22.8. The molecule has 0 atom stereocenters. The topological polar surface area (TPSA) is 89.9 Å². The molecule has 2 N–H and O–H groups in total. The molecule has 0 fully saturated rings. The number of benzene rings is 1. The second-order valence-electron chi connectivity index (χ2n) is 7.41. The summed E-state index contributed by atoms with van der Waals surface area (Å²) in [5.74, 6) is 0.0767. The lowest BCUT2D eigenvalue weighted by Crippen LogP contribution is -2.27. The van der Waals surface area contributed by atoms with Gasteiger partial charge in [0.2, 0.25) is 0 Å². The number of rotatable bonds is 3. The lowest BCUT2D eigenvalue weighted by molar-refractivity contribution is -0.137. The molecule has 1 aromatic carbocycles. The maximum Gasteiger partial charge on any atom is 0.417 e. The van der Waals surface area contributed by atoms with Crippen molar-refractivity contribution >= 4 is 33.5 Å². The molecule has 0 saturated heterocycles. The van der Waals surface area contributed by atoms with E-state index < -0.39 is 11.7 Å². The Hall–Kier alpha value is -3.69. The Bertz CT molecular complexity index is 1310. The molecule has 0 unspecified atom stereocenters. The van der Waals surface area contributed by atoms with Crippen LogP contribution in [0.1, 0.15) is 27.2 Å². The first kappa shape index (κ1) is 20.6. The molecule has 0 aliphatic heterocycles. The zero-order valence-electron chi connectivity index (χ0n) is 17.0. The molecule has 0 aliphatic rings.